The average Bonchev–Trinajstić information content (AvgIpc) is 2.85. The smallest absolute Gasteiger partial charge is 0.310 e. The summed E-state index contributed by atoms with van der Waals surface area (Å²) in [5.74, 6) is -1.78. The molecule has 0 saturated heterocycles. The lowest BCUT2D eigenvalue weighted by Crippen LogP contribution is -2.32. The first-order chi connectivity index (χ1) is 9.84. The number of aliphatic carboxylic acids is 1. The van der Waals surface area contributed by atoms with E-state index in [0.29, 0.717) is 28.6 Å². The molecule has 0 bridgehead atoms. The second kappa shape index (κ2) is 6.13. The van der Waals surface area contributed by atoms with Crippen molar-refractivity contribution in [3.05, 3.63) is 28.0 Å². The predicted molar refractivity (Wildman–Crippen MR) is 80.6 cm³/mol. The Morgan fingerprint density at radius 2 is 2.00 bits per heavy atom. The number of carboxylic acids is 1. The molecule has 1 aliphatic rings. The third kappa shape index (κ3) is 3.43. The molecule has 0 spiro atoms. The average molecular weight is 358 g/mol. The number of benzene rings is 1. The van der Waals surface area contributed by atoms with Crippen molar-refractivity contribution >= 4 is 33.5 Å². The SMILES string of the molecule is Cc1cc(Br)c(F)cc1NC(=O)CC1(C(=O)O)CCCC1. The number of hydrogen-bond donors (Lipinski definition) is 2. The van der Waals surface area contributed by atoms with E-state index in [1.807, 2.05) is 0 Å². The third-order valence-electron chi connectivity index (χ3n) is 4.05. The maximum atomic E-state index is 13.5. The van der Waals surface area contributed by atoms with Crippen molar-refractivity contribution in [3.8, 4) is 0 Å². The van der Waals surface area contributed by atoms with E-state index in [9.17, 15) is 19.1 Å². The number of carbonyl (C=O) groups excluding carboxylic acids is 1. The summed E-state index contributed by atoms with van der Waals surface area (Å²) in [6, 6.07) is 2.81. The van der Waals surface area contributed by atoms with Gasteiger partial charge in [-0.1, -0.05) is 12.8 Å². The highest BCUT2D eigenvalue weighted by atomic mass is 79.9. The Bertz CT molecular complexity index is 583. The summed E-state index contributed by atoms with van der Waals surface area (Å²) in [6.07, 6.45) is 2.61. The van der Waals surface area contributed by atoms with E-state index in [1.165, 1.54) is 6.07 Å². The van der Waals surface area contributed by atoms with Crippen LogP contribution < -0.4 is 5.32 Å². The predicted octanol–water partition coefficient (Wildman–Crippen LogP) is 3.87. The van der Waals surface area contributed by atoms with E-state index >= 15 is 0 Å². The van der Waals surface area contributed by atoms with Gasteiger partial charge in [-0.2, -0.15) is 0 Å². The quantitative estimate of drug-likeness (QED) is 0.859. The van der Waals surface area contributed by atoms with Crippen molar-refractivity contribution in [3.63, 3.8) is 0 Å². The Balaban J connectivity index is 2.12. The number of nitrogens with one attached hydrogen (secondary N) is 1. The van der Waals surface area contributed by atoms with Crippen LogP contribution in [0.3, 0.4) is 0 Å². The van der Waals surface area contributed by atoms with Gasteiger partial charge < -0.3 is 10.4 Å². The van der Waals surface area contributed by atoms with Crippen LogP contribution in [0.15, 0.2) is 16.6 Å². The van der Waals surface area contributed by atoms with Crippen LogP contribution >= 0.6 is 15.9 Å². The number of hydrogen-bond acceptors (Lipinski definition) is 2. The summed E-state index contributed by atoms with van der Waals surface area (Å²) in [7, 11) is 0. The molecule has 0 aromatic heterocycles. The molecule has 4 nitrogen and oxygen atoms in total. The summed E-state index contributed by atoms with van der Waals surface area (Å²) in [5, 5.41) is 12.0. The normalized spacial score (nSPS) is 16.7. The number of anilines is 1. The van der Waals surface area contributed by atoms with E-state index in [0.717, 1.165) is 12.8 Å². The van der Waals surface area contributed by atoms with Crippen LogP contribution in [-0.2, 0) is 9.59 Å². The largest absolute Gasteiger partial charge is 0.481 e. The summed E-state index contributed by atoms with van der Waals surface area (Å²) in [6.45, 7) is 1.75. The summed E-state index contributed by atoms with van der Waals surface area (Å²) < 4.78 is 13.9. The molecule has 1 fully saturated rings. The first-order valence-electron chi connectivity index (χ1n) is 6.83. The van der Waals surface area contributed by atoms with Crippen molar-refractivity contribution in [2.75, 3.05) is 5.32 Å². The topological polar surface area (TPSA) is 66.4 Å². The van der Waals surface area contributed by atoms with Gasteiger partial charge in [0.05, 0.1) is 9.89 Å². The van der Waals surface area contributed by atoms with E-state index in [1.54, 1.807) is 13.0 Å². The van der Waals surface area contributed by atoms with Gasteiger partial charge >= 0.3 is 5.97 Å². The van der Waals surface area contributed by atoms with Gasteiger partial charge in [-0.25, -0.2) is 4.39 Å². The third-order valence-corrected chi connectivity index (χ3v) is 4.66. The maximum absolute atomic E-state index is 13.5. The van der Waals surface area contributed by atoms with Crippen LogP contribution in [0.25, 0.3) is 0 Å². The minimum absolute atomic E-state index is 0.0700. The molecule has 21 heavy (non-hydrogen) atoms. The molecule has 2 rings (SSSR count). The summed E-state index contributed by atoms with van der Waals surface area (Å²) in [4.78, 5) is 23.5. The minimum Gasteiger partial charge on any atom is -0.481 e. The molecule has 1 aliphatic carbocycles. The first-order valence-corrected chi connectivity index (χ1v) is 7.62. The lowest BCUT2D eigenvalue weighted by Gasteiger charge is -2.23. The molecular weight excluding hydrogens is 341 g/mol. The molecule has 0 unspecified atom stereocenters. The van der Waals surface area contributed by atoms with Crippen LogP contribution in [0.4, 0.5) is 10.1 Å². The van der Waals surface area contributed by atoms with Crippen molar-refractivity contribution in [2.24, 2.45) is 5.41 Å². The molecule has 1 amide bonds. The zero-order valence-corrected chi connectivity index (χ0v) is 13.3. The minimum atomic E-state index is -0.966. The standard InChI is InChI=1S/C15H17BrFNO3/c1-9-6-10(16)11(17)7-12(9)18-13(19)8-15(14(20)21)4-2-3-5-15/h6-7H,2-5,8H2,1H3,(H,18,19)(H,20,21). The van der Waals surface area contributed by atoms with Crippen LogP contribution in [-0.4, -0.2) is 17.0 Å². The fourth-order valence-electron chi connectivity index (χ4n) is 2.80. The zero-order chi connectivity index (χ0) is 15.6. The van der Waals surface area contributed by atoms with Gasteiger partial charge in [0.1, 0.15) is 5.82 Å². The van der Waals surface area contributed by atoms with E-state index in [4.69, 9.17) is 0 Å². The summed E-state index contributed by atoms with van der Waals surface area (Å²) in [5.41, 5.74) is 0.123. The van der Waals surface area contributed by atoms with E-state index in [-0.39, 0.29) is 12.3 Å². The highest BCUT2D eigenvalue weighted by Crippen LogP contribution is 2.41. The van der Waals surface area contributed by atoms with Gasteiger partial charge in [0.2, 0.25) is 5.91 Å². The van der Waals surface area contributed by atoms with Crippen molar-refractivity contribution in [1.82, 2.24) is 0 Å². The summed E-state index contributed by atoms with van der Waals surface area (Å²) >= 11 is 3.08. The first kappa shape index (κ1) is 15.9. The van der Waals surface area contributed by atoms with Crippen LogP contribution in [0.1, 0.15) is 37.7 Å². The molecule has 114 valence electrons. The Morgan fingerprint density at radius 1 is 1.38 bits per heavy atom. The van der Waals surface area contributed by atoms with Crippen molar-refractivity contribution < 1.29 is 19.1 Å². The zero-order valence-electron chi connectivity index (χ0n) is 11.7. The Labute approximate surface area is 130 Å². The maximum Gasteiger partial charge on any atom is 0.310 e. The van der Waals surface area contributed by atoms with Gasteiger partial charge in [0.15, 0.2) is 0 Å². The Morgan fingerprint density at radius 3 is 2.57 bits per heavy atom. The van der Waals surface area contributed by atoms with E-state index < -0.39 is 17.2 Å². The number of carbonyl (C=O) groups is 2. The molecule has 6 heteroatoms. The monoisotopic (exact) mass is 357 g/mol. The van der Waals surface area contributed by atoms with Gasteiger partial charge in [-0.15, -0.1) is 0 Å². The second-order valence-electron chi connectivity index (χ2n) is 5.60. The molecular formula is C15H17BrFNO3. The number of amides is 1. The number of halogens is 2. The lowest BCUT2D eigenvalue weighted by molar-refractivity contribution is -0.150. The molecule has 0 radical (unpaired) electrons. The van der Waals surface area contributed by atoms with Crippen LogP contribution in [0.5, 0.6) is 0 Å². The highest BCUT2D eigenvalue weighted by Gasteiger charge is 2.43. The van der Waals surface area contributed by atoms with Gasteiger partial charge in [0.25, 0.3) is 0 Å². The number of carboxylic acid groups (broad SMARTS) is 1. The van der Waals surface area contributed by atoms with Crippen LogP contribution in [0.2, 0.25) is 0 Å². The van der Waals surface area contributed by atoms with Gasteiger partial charge in [-0.3, -0.25) is 9.59 Å². The fourth-order valence-corrected chi connectivity index (χ4v) is 3.26. The molecule has 2 N–H and O–H groups in total. The fraction of sp³-hybridized carbons (Fsp3) is 0.467. The van der Waals surface area contributed by atoms with Crippen molar-refractivity contribution in [2.45, 2.75) is 39.0 Å². The van der Waals surface area contributed by atoms with Gasteiger partial charge in [-0.05, 0) is 53.4 Å². The Hall–Kier alpha value is -1.43. The molecule has 0 heterocycles. The molecule has 1 aromatic carbocycles. The molecule has 1 saturated carbocycles. The number of aryl methyl sites for hydroxylation is 1. The van der Waals surface area contributed by atoms with Gasteiger partial charge in [0, 0.05) is 12.1 Å². The molecule has 0 atom stereocenters. The second-order valence-corrected chi connectivity index (χ2v) is 6.45. The Kier molecular flexibility index (Phi) is 4.66. The lowest BCUT2D eigenvalue weighted by atomic mass is 9.82. The highest BCUT2D eigenvalue weighted by molar-refractivity contribution is 9.10. The molecule has 0 aliphatic heterocycles. The number of rotatable bonds is 4. The van der Waals surface area contributed by atoms with Crippen molar-refractivity contribution in [1.29, 1.82) is 0 Å². The van der Waals surface area contributed by atoms with Crippen LogP contribution in [0, 0.1) is 18.2 Å². The molecule has 1 aromatic rings. The van der Waals surface area contributed by atoms with E-state index in [2.05, 4.69) is 21.2 Å².